The van der Waals surface area contributed by atoms with Gasteiger partial charge in [-0.1, -0.05) is 81.5 Å². The first kappa shape index (κ1) is 22.8. The van der Waals surface area contributed by atoms with E-state index in [0.29, 0.717) is 0 Å². The molecule has 6 rings (SSSR count). The van der Waals surface area contributed by atoms with E-state index in [1.54, 1.807) is 6.08 Å². The van der Waals surface area contributed by atoms with Crippen LogP contribution < -0.4 is 0 Å². The molecule has 35 heavy (non-hydrogen) atoms. The lowest BCUT2D eigenvalue weighted by Crippen LogP contribution is -1.94. The van der Waals surface area contributed by atoms with Gasteiger partial charge in [0.15, 0.2) is 0 Å². The summed E-state index contributed by atoms with van der Waals surface area (Å²) >= 11 is 1.83. The zero-order valence-electron chi connectivity index (χ0n) is 20.0. The lowest BCUT2D eigenvalue weighted by molar-refractivity contribution is 1.09. The van der Waals surface area contributed by atoms with Crippen molar-refractivity contribution in [3.63, 3.8) is 0 Å². The number of nitrogens with zero attached hydrogens (tertiary/aromatic N) is 3. The maximum Gasteiger partial charge on any atom is 0.0978 e. The second kappa shape index (κ2) is 9.69. The fraction of sp³-hybridized carbons (Fsp3) is 0.0968. The Kier molecular flexibility index (Phi) is 6.30. The van der Waals surface area contributed by atoms with Crippen LogP contribution in [0.25, 0.3) is 53.5 Å². The third kappa shape index (κ3) is 3.86. The molecule has 0 aliphatic carbocycles. The molecule has 0 N–H and O–H groups in total. The van der Waals surface area contributed by atoms with Crippen LogP contribution in [0.5, 0.6) is 0 Å². The van der Waals surface area contributed by atoms with Gasteiger partial charge in [-0.3, -0.25) is 9.98 Å². The Morgan fingerprint density at radius 1 is 0.943 bits per heavy atom. The van der Waals surface area contributed by atoms with Gasteiger partial charge in [0.1, 0.15) is 0 Å². The molecule has 6 aromatic rings. The molecule has 0 saturated heterocycles. The summed E-state index contributed by atoms with van der Waals surface area (Å²) in [6.07, 6.45) is 6.88. The largest absolute Gasteiger partial charge is 0.306 e. The first-order valence-electron chi connectivity index (χ1n) is 11.8. The maximum absolute atomic E-state index is 4.93. The van der Waals surface area contributed by atoms with Crippen molar-refractivity contribution < 1.29 is 0 Å². The lowest BCUT2D eigenvalue weighted by atomic mass is 10.1. The summed E-state index contributed by atoms with van der Waals surface area (Å²) in [5.74, 6) is 0. The lowest BCUT2D eigenvalue weighted by Gasteiger charge is -2.09. The molecule has 172 valence electrons. The number of rotatable bonds is 4. The number of para-hydroxylation sites is 1. The second-order valence-electron chi connectivity index (χ2n) is 8.35. The monoisotopic (exact) mass is 473 g/mol. The standard InChI is InChI=1S/C28H19N3S.C3H8/c1-3-8-23(29-2)18-13-15-19(16-14-18)31-24-11-6-4-10-21(24)26-27(31)28-22(17-30-26)20-9-5-7-12-25(20)32-28;1-3-2/h3-17H,1-2H2;3H2,1-2H3/b23-8-;. The smallest absolute Gasteiger partial charge is 0.0978 e. The second-order valence-corrected chi connectivity index (χ2v) is 9.40. The van der Waals surface area contributed by atoms with Gasteiger partial charge in [0.25, 0.3) is 0 Å². The molecule has 3 aromatic heterocycles. The van der Waals surface area contributed by atoms with Crippen molar-refractivity contribution >= 4 is 65.9 Å². The van der Waals surface area contributed by atoms with Gasteiger partial charge in [-0.2, -0.15) is 0 Å². The van der Waals surface area contributed by atoms with E-state index >= 15 is 0 Å². The average molecular weight is 474 g/mol. The molecule has 3 aromatic carbocycles. The van der Waals surface area contributed by atoms with Gasteiger partial charge in [-0.05, 0) is 37.1 Å². The first-order chi connectivity index (χ1) is 17.2. The van der Waals surface area contributed by atoms with Crippen LogP contribution in [0.15, 0.2) is 103 Å². The minimum Gasteiger partial charge on any atom is -0.306 e. The minimum atomic E-state index is 0.808. The number of aromatic nitrogens is 2. The Morgan fingerprint density at radius 2 is 1.63 bits per heavy atom. The third-order valence-electron chi connectivity index (χ3n) is 5.89. The highest BCUT2D eigenvalue weighted by Crippen LogP contribution is 2.41. The fourth-order valence-electron chi connectivity index (χ4n) is 4.46. The summed E-state index contributed by atoms with van der Waals surface area (Å²) < 4.78 is 4.87. The predicted octanol–water partition coefficient (Wildman–Crippen LogP) is 9.19. The van der Waals surface area contributed by atoms with Crippen LogP contribution in [0.4, 0.5) is 0 Å². The van der Waals surface area contributed by atoms with Crippen molar-refractivity contribution in [2.75, 3.05) is 0 Å². The summed E-state index contributed by atoms with van der Waals surface area (Å²) in [4.78, 5) is 9.06. The normalized spacial score (nSPS) is 11.7. The van der Waals surface area contributed by atoms with Crippen molar-refractivity contribution in [1.29, 1.82) is 0 Å². The summed E-state index contributed by atoms with van der Waals surface area (Å²) in [5.41, 5.74) is 6.24. The van der Waals surface area contributed by atoms with E-state index in [2.05, 4.69) is 109 Å². The number of allylic oxidation sites excluding steroid dienone is 2. The minimum absolute atomic E-state index is 0.808. The van der Waals surface area contributed by atoms with E-state index in [4.69, 9.17) is 4.98 Å². The van der Waals surface area contributed by atoms with E-state index in [0.717, 1.165) is 38.9 Å². The Hall–Kier alpha value is -4.02. The van der Waals surface area contributed by atoms with Gasteiger partial charge in [0.2, 0.25) is 0 Å². The van der Waals surface area contributed by atoms with E-state index in [9.17, 15) is 0 Å². The molecular weight excluding hydrogens is 446 g/mol. The molecule has 3 nitrogen and oxygen atoms in total. The molecule has 0 radical (unpaired) electrons. The van der Waals surface area contributed by atoms with E-state index in [1.807, 2.05) is 23.6 Å². The molecule has 0 aliphatic rings. The first-order valence-corrected chi connectivity index (χ1v) is 12.6. The van der Waals surface area contributed by atoms with E-state index < -0.39 is 0 Å². The summed E-state index contributed by atoms with van der Waals surface area (Å²) in [6.45, 7) is 11.7. The average Bonchev–Trinajstić information content (AvgIpc) is 3.44. The van der Waals surface area contributed by atoms with Crippen LogP contribution >= 0.6 is 11.3 Å². The van der Waals surface area contributed by atoms with Gasteiger partial charge in [0, 0.05) is 38.3 Å². The Balaban J connectivity index is 0.000000806. The zero-order valence-corrected chi connectivity index (χ0v) is 20.8. The highest BCUT2D eigenvalue weighted by atomic mass is 32.1. The molecule has 0 atom stereocenters. The topological polar surface area (TPSA) is 30.2 Å². The molecular formula is C31H27N3S. The number of pyridine rings is 1. The molecule has 0 amide bonds. The highest BCUT2D eigenvalue weighted by molar-refractivity contribution is 7.26. The molecule has 3 heterocycles. The van der Waals surface area contributed by atoms with E-state index in [1.165, 1.54) is 26.6 Å². The summed E-state index contributed by atoms with van der Waals surface area (Å²) in [7, 11) is 0. The molecule has 4 heteroatoms. The maximum atomic E-state index is 4.93. The molecule has 0 saturated carbocycles. The van der Waals surface area contributed by atoms with Crippen molar-refractivity contribution in [2.45, 2.75) is 20.3 Å². The van der Waals surface area contributed by atoms with Crippen LogP contribution in [0.2, 0.25) is 0 Å². The van der Waals surface area contributed by atoms with Gasteiger partial charge in [-0.15, -0.1) is 11.3 Å². The summed E-state index contributed by atoms with van der Waals surface area (Å²) in [5, 5.41) is 3.61. The van der Waals surface area contributed by atoms with E-state index in [-0.39, 0.29) is 0 Å². The van der Waals surface area contributed by atoms with Gasteiger partial charge in [-0.25, -0.2) is 0 Å². The van der Waals surface area contributed by atoms with Gasteiger partial charge < -0.3 is 4.57 Å². The summed E-state index contributed by atoms with van der Waals surface area (Å²) in [6, 6.07) is 25.5. The van der Waals surface area contributed by atoms with Gasteiger partial charge >= 0.3 is 0 Å². The third-order valence-corrected chi connectivity index (χ3v) is 7.08. The van der Waals surface area contributed by atoms with Crippen LogP contribution in [-0.4, -0.2) is 16.3 Å². The molecule has 0 fully saturated rings. The van der Waals surface area contributed by atoms with Crippen LogP contribution in [-0.2, 0) is 0 Å². The molecule has 0 bridgehead atoms. The van der Waals surface area contributed by atoms with Crippen LogP contribution in [0.3, 0.4) is 0 Å². The Labute approximate surface area is 209 Å². The van der Waals surface area contributed by atoms with Crippen LogP contribution in [0, 0.1) is 0 Å². The number of aliphatic imine (C=N–C) groups is 1. The Bertz CT molecular complexity index is 1720. The van der Waals surface area contributed by atoms with Crippen molar-refractivity contribution in [2.24, 2.45) is 4.99 Å². The van der Waals surface area contributed by atoms with Gasteiger partial charge in [0.05, 0.1) is 26.9 Å². The quantitative estimate of drug-likeness (QED) is 0.185. The van der Waals surface area contributed by atoms with Crippen molar-refractivity contribution in [3.05, 3.63) is 103 Å². The number of thiophene rings is 1. The molecule has 0 spiro atoms. The number of hydrogen-bond donors (Lipinski definition) is 0. The fourth-order valence-corrected chi connectivity index (χ4v) is 5.67. The molecule has 0 aliphatic heterocycles. The van der Waals surface area contributed by atoms with Crippen molar-refractivity contribution in [3.8, 4) is 5.69 Å². The molecule has 0 unspecified atom stereocenters. The number of hydrogen-bond acceptors (Lipinski definition) is 3. The predicted molar refractivity (Wildman–Crippen MR) is 155 cm³/mol. The van der Waals surface area contributed by atoms with Crippen LogP contribution in [0.1, 0.15) is 25.8 Å². The number of benzene rings is 3. The number of fused-ring (bicyclic) bond motifs is 7. The Morgan fingerprint density at radius 3 is 2.34 bits per heavy atom. The van der Waals surface area contributed by atoms with Crippen molar-refractivity contribution in [1.82, 2.24) is 9.55 Å². The zero-order chi connectivity index (χ0) is 24.4. The highest BCUT2D eigenvalue weighted by Gasteiger charge is 2.18. The SMILES string of the molecule is C=C/C=C(\N=C)c1ccc(-n2c3ccccc3c3ncc4c5ccccc5sc4c32)cc1.CCC.